The SMILES string of the molecule is Oc1cccc(/C=N/n2c(C3CC(c4ccccc4)NN3)n[nH]c2=S)c1. The van der Waals surface area contributed by atoms with Crippen molar-refractivity contribution in [1.82, 2.24) is 25.7 Å². The van der Waals surface area contributed by atoms with Crippen LogP contribution in [0.5, 0.6) is 5.75 Å². The summed E-state index contributed by atoms with van der Waals surface area (Å²) in [6.07, 6.45) is 2.47. The Kier molecular flexibility index (Phi) is 4.61. The molecule has 8 heteroatoms. The van der Waals surface area contributed by atoms with E-state index in [2.05, 4.69) is 38.3 Å². The monoisotopic (exact) mass is 366 g/mol. The minimum atomic E-state index is -0.0329. The molecule has 7 nitrogen and oxygen atoms in total. The van der Waals surface area contributed by atoms with Gasteiger partial charge in [0.25, 0.3) is 0 Å². The van der Waals surface area contributed by atoms with Gasteiger partial charge < -0.3 is 5.11 Å². The van der Waals surface area contributed by atoms with Crippen LogP contribution in [-0.4, -0.2) is 26.2 Å². The fourth-order valence-corrected chi connectivity index (χ4v) is 3.19. The first-order chi connectivity index (χ1) is 12.7. The molecule has 2 atom stereocenters. The van der Waals surface area contributed by atoms with Crippen LogP contribution < -0.4 is 10.9 Å². The predicted molar refractivity (Wildman–Crippen MR) is 101 cm³/mol. The maximum atomic E-state index is 9.56. The molecule has 0 amide bonds. The molecule has 1 saturated heterocycles. The first kappa shape index (κ1) is 16.6. The van der Waals surface area contributed by atoms with Crippen molar-refractivity contribution < 1.29 is 5.11 Å². The lowest BCUT2D eigenvalue weighted by molar-refractivity contribution is 0.475. The van der Waals surface area contributed by atoms with Gasteiger partial charge in [-0.1, -0.05) is 42.5 Å². The summed E-state index contributed by atoms with van der Waals surface area (Å²) in [5, 5.41) is 21.1. The molecule has 1 aliphatic rings. The van der Waals surface area contributed by atoms with E-state index in [1.54, 1.807) is 29.1 Å². The summed E-state index contributed by atoms with van der Waals surface area (Å²) in [6.45, 7) is 0. The first-order valence-corrected chi connectivity index (χ1v) is 8.68. The van der Waals surface area contributed by atoms with Crippen LogP contribution in [0.3, 0.4) is 0 Å². The summed E-state index contributed by atoms with van der Waals surface area (Å²) in [7, 11) is 0. The average Bonchev–Trinajstić information content (AvgIpc) is 3.28. The Balaban J connectivity index is 1.56. The van der Waals surface area contributed by atoms with E-state index in [-0.39, 0.29) is 17.8 Å². The summed E-state index contributed by atoms with van der Waals surface area (Å²) in [6, 6.07) is 17.3. The number of aromatic amines is 1. The van der Waals surface area contributed by atoms with Crippen molar-refractivity contribution in [1.29, 1.82) is 0 Å². The second-order valence-electron chi connectivity index (χ2n) is 6.08. The molecule has 4 rings (SSSR count). The van der Waals surface area contributed by atoms with Crippen LogP contribution in [0.15, 0.2) is 59.7 Å². The maximum absolute atomic E-state index is 9.56. The number of aromatic hydroxyl groups is 1. The number of benzene rings is 2. The van der Waals surface area contributed by atoms with Crippen LogP contribution in [-0.2, 0) is 0 Å². The summed E-state index contributed by atoms with van der Waals surface area (Å²) in [5.74, 6) is 0.898. The molecule has 2 aromatic carbocycles. The van der Waals surface area contributed by atoms with Gasteiger partial charge >= 0.3 is 0 Å². The van der Waals surface area contributed by atoms with Crippen LogP contribution >= 0.6 is 12.2 Å². The van der Waals surface area contributed by atoms with Crippen LogP contribution in [0.25, 0.3) is 0 Å². The Morgan fingerprint density at radius 3 is 2.73 bits per heavy atom. The second kappa shape index (κ2) is 7.20. The molecule has 3 aromatic rings. The number of nitrogens with zero attached hydrogens (tertiary/aromatic N) is 3. The molecule has 0 radical (unpaired) electrons. The smallest absolute Gasteiger partial charge is 0.216 e. The predicted octanol–water partition coefficient (Wildman–Crippen LogP) is 2.81. The minimum Gasteiger partial charge on any atom is -0.508 e. The van der Waals surface area contributed by atoms with Gasteiger partial charge in [-0.3, -0.25) is 5.10 Å². The fourth-order valence-electron chi connectivity index (χ4n) is 3.00. The normalized spacial score (nSPS) is 20.0. The zero-order valence-electron chi connectivity index (χ0n) is 13.8. The highest BCUT2D eigenvalue weighted by Gasteiger charge is 2.29. The molecule has 0 saturated carbocycles. The Bertz CT molecular complexity index is 981. The van der Waals surface area contributed by atoms with Crippen molar-refractivity contribution in [2.45, 2.75) is 18.5 Å². The lowest BCUT2D eigenvalue weighted by atomic mass is 10.0. The van der Waals surface area contributed by atoms with Crippen molar-refractivity contribution in [3.05, 3.63) is 76.3 Å². The van der Waals surface area contributed by atoms with E-state index in [9.17, 15) is 5.11 Å². The topological polar surface area (TPSA) is 90.3 Å². The van der Waals surface area contributed by atoms with E-state index in [0.717, 1.165) is 12.0 Å². The van der Waals surface area contributed by atoms with Crippen LogP contribution in [0, 0.1) is 4.77 Å². The van der Waals surface area contributed by atoms with Crippen molar-refractivity contribution in [3.8, 4) is 5.75 Å². The van der Waals surface area contributed by atoms with Gasteiger partial charge in [0.15, 0.2) is 5.82 Å². The molecule has 2 heterocycles. The van der Waals surface area contributed by atoms with Crippen molar-refractivity contribution >= 4 is 18.4 Å². The number of hydrogen-bond acceptors (Lipinski definition) is 6. The highest BCUT2D eigenvalue weighted by Crippen LogP contribution is 2.29. The van der Waals surface area contributed by atoms with E-state index in [1.807, 2.05) is 24.3 Å². The van der Waals surface area contributed by atoms with Crippen LogP contribution in [0.4, 0.5) is 0 Å². The highest BCUT2D eigenvalue weighted by atomic mass is 32.1. The molecule has 0 spiro atoms. The molecule has 1 fully saturated rings. The minimum absolute atomic E-state index is 0.0329. The van der Waals surface area contributed by atoms with Gasteiger partial charge in [-0.2, -0.15) is 14.9 Å². The number of hydrogen-bond donors (Lipinski definition) is 4. The lowest BCUT2D eigenvalue weighted by Gasteiger charge is -2.09. The molecule has 1 aromatic heterocycles. The van der Waals surface area contributed by atoms with Crippen LogP contribution in [0.2, 0.25) is 0 Å². The Morgan fingerprint density at radius 2 is 1.92 bits per heavy atom. The number of aromatic nitrogens is 3. The quantitative estimate of drug-likeness (QED) is 0.421. The Hall–Kier alpha value is -2.81. The maximum Gasteiger partial charge on any atom is 0.216 e. The van der Waals surface area contributed by atoms with Crippen molar-refractivity contribution in [3.63, 3.8) is 0 Å². The van der Waals surface area contributed by atoms with E-state index in [1.165, 1.54) is 5.56 Å². The van der Waals surface area contributed by atoms with Crippen molar-refractivity contribution in [2.75, 3.05) is 0 Å². The Morgan fingerprint density at radius 1 is 1.12 bits per heavy atom. The number of rotatable bonds is 4. The van der Waals surface area contributed by atoms with Crippen LogP contribution in [0.1, 0.15) is 35.5 Å². The third kappa shape index (κ3) is 3.43. The number of nitrogens with one attached hydrogen (secondary N) is 3. The summed E-state index contributed by atoms with van der Waals surface area (Å²) >= 11 is 5.31. The molecule has 0 bridgehead atoms. The first-order valence-electron chi connectivity index (χ1n) is 8.27. The number of phenolic OH excluding ortho intramolecular Hbond substituents is 1. The molecule has 132 valence electrons. The lowest BCUT2D eigenvalue weighted by Crippen LogP contribution is -2.27. The fraction of sp³-hybridized carbons (Fsp3) is 0.167. The molecular formula is C18H18N6OS. The van der Waals surface area contributed by atoms with Gasteiger partial charge in [-0.05, 0) is 41.9 Å². The van der Waals surface area contributed by atoms with Gasteiger partial charge in [0.05, 0.1) is 12.3 Å². The van der Waals surface area contributed by atoms with Gasteiger partial charge in [-0.25, -0.2) is 10.9 Å². The van der Waals surface area contributed by atoms with E-state index < -0.39 is 0 Å². The number of H-pyrrole nitrogens is 1. The third-order valence-electron chi connectivity index (χ3n) is 4.28. The van der Waals surface area contributed by atoms with E-state index >= 15 is 0 Å². The van der Waals surface area contributed by atoms with E-state index in [4.69, 9.17) is 12.2 Å². The summed E-state index contributed by atoms with van der Waals surface area (Å²) < 4.78 is 2.02. The van der Waals surface area contributed by atoms with E-state index in [0.29, 0.717) is 10.6 Å². The van der Waals surface area contributed by atoms with Crippen molar-refractivity contribution in [2.24, 2.45) is 5.10 Å². The number of phenols is 1. The average molecular weight is 366 g/mol. The van der Waals surface area contributed by atoms with Gasteiger partial charge in [0, 0.05) is 6.04 Å². The standard InChI is InChI=1S/C18H18N6OS/c25-14-8-4-5-12(9-14)11-19-24-17(22-23-18(24)26)16-10-15(20-21-16)13-6-2-1-3-7-13/h1-9,11,15-16,20-21,25H,10H2,(H,23,26)/b19-11+. The summed E-state index contributed by atoms with van der Waals surface area (Å²) in [5.41, 5.74) is 8.56. The highest BCUT2D eigenvalue weighted by molar-refractivity contribution is 7.71. The third-order valence-corrected chi connectivity index (χ3v) is 4.55. The van der Waals surface area contributed by atoms with Gasteiger partial charge in [0.1, 0.15) is 5.75 Å². The summed E-state index contributed by atoms with van der Waals surface area (Å²) in [4.78, 5) is 0. The van der Waals surface area contributed by atoms with Gasteiger partial charge in [-0.15, -0.1) is 0 Å². The largest absolute Gasteiger partial charge is 0.508 e. The second-order valence-corrected chi connectivity index (χ2v) is 6.47. The molecule has 1 aliphatic heterocycles. The number of hydrazine groups is 1. The molecular weight excluding hydrogens is 348 g/mol. The molecule has 0 aliphatic carbocycles. The molecule has 26 heavy (non-hydrogen) atoms. The Labute approximate surface area is 155 Å². The van der Waals surface area contributed by atoms with Gasteiger partial charge in [0.2, 0.25) is 4.77 Å². The zero-order valence-corrected chi connectivity index (χ0v) is 14.6. The molecule has 2 unspecified atom stereocenters. The zero-order chi connectivity index (χ0) is 17.9. The molecule has 4 N–H and O–H groups in total.